The van der Waals surface area contributed by atoms with E-state index in [1.807, 2.05) is 0 Å². The molecule has 0 N–H and O–H groups in total. The van der Waals surface area contributed by atoms with Crippen LogP contribution in [0.1, 0.15) is 57.6 Å². The molecular formula is C15H24O. The monoisotopic (exact) mass is 220 g/mol. The van der Waals surface area contributed by atoms with Gasteiger partial charge in [0.25, 0.3) is 0 Å². The van der Waals surface area contributed by atoms with Crippen molar-refractivity contribution in [2.24, 2.45) is 0 Å². The largest absolute Gasteiger partial charge is 0.374 e. The summed E-state index contributed by atoms with van der Waals surface area (Å²) in [7, 11) is 0. The van der Waals surface area contributed by atoms with Crippen LogP contribution in [0.5, 0.6) is 0 Å². The minimum absolute atomic E-state index is 0.299. The molecule has 0 aliphatic rings. The van der Waals surface area contributed by atoms with Crippen LogP contribution >= 0.6 is 0 Å². The number of unbranched alkanes of at least 4 members (excludes halogenated alkanes) is 2. The van der Waals surface area contributed by atoms with E-state index in [4.69, 9.17) is 4.74 Å². The van der Waals surface area contributed by atoms with Crippen molar-refractivity contribution in [2.45, 2.75) is 52.1 Å². The van der Waals surface area contributed by atoms with Gasteiger partial charge in [-0.15, -0.1) is 0 Å². The fourth-order valence-corrected chi connectivity index (χ4v) is 1.77. The number of hydrogen-bond acceptors (Lipinski definition) is 1. The van der Waals surface area contributed by atoms with E-state index in [1.54, 1.807) is 0 Å². The molecule has 0 fully saturated rings. The van der Waals surface area contributed by atoms with Crippen LogP contribution in [0, 0.1) is 0 Å². The molecule has 0 aromatic heterocycles. The van der Waals surface area contributed by atoms with Crippen LogP contribution in [0.4, 0.5) is 0 Å². The third-order valence-corrected chi connectivity index (χ3v) is 2.81. The van der Waals surface area contributed by atoms with Gasteiger partial charge >= 0.3 is 0 Å². The molecule has 16 heavy (non-hydrogen) atoms. The van der Waals surface area contributed by atoms with E-state index < -0.39 is 0 Å². The van der Waals surface area contributed by atoms with Gasteiger partial charge in [0.05, 0.1) is 6.10 Å². The van der Waals surface area contributed by atoms with Gasteiger partial charge in [-0.05, 0) is 18.4 Å². The average molecular weight is 220 g/mol. The van der Waals surface area contributed by atoms with E-state index in [2.05, 4.69) is 44.2 Å². The molecular weight excluding hydrogens is 196 g/mol. The molecule has 0 amide bonds. The Hall–Kier alpha value is -0.820. The van der Waals surface area contributed by atoms with E-state index >= 15 is 0 Å². The van der Waals surface area contributed by atoms with Gasteiger partial charge in [-0.3, -0.25) is 0 Å². The maximum Gasteiger partial charge on any atom is 0.0824 e. The summed E-state index contributed by atoms with van der Waals surface area (Å²) in [6.45, 7) is 5.32. The first-order valence-corrected chi connectivity index (χ1v) is 6.55. The first-order valence-electron chi connectivity index (χ1n) is 6.55. The number of rotatable bonds is 8. The van der Waals surface area contributed by atoms with Gasteiger partial charge in [0, 0.05) is 6.61 Å². The molecule has 0 aliphatic heterocycles. The minimum atomic E-state index is 0.299. The van der Waals surface area contributed by atoms with Crippen LogP contribution in [-0.2, 0) is 4.74 Å². The number of ether oxygens (including phenoxy) is 1. The van der Waals surface area contributed by atoms with E-state index in [0.29, 0.717) is 6.10 Å². The van der Waals surface area contributed by atoms with E-state index in [0.717, 1.165) is 19.4 Å². The van der Waals surface area contributed by atoms with E-state index in [9.17, 15) is 0 Å². The Labute approximate surface area is 99.8 Å². The van der Waals surface area contributed by atoms with Crippen LogP contribution in [0.25, 0.3) is 0 Å². The van der Waals surface area contributed by atoms with Crippen molar-refractivity contribution in [2.75, 3.05) is 6.61 Å². The summed E-state index contributed by atoms with van der Waals surface area (Å²) in [5.41, 5.74) is 1.33. The first-order chi connectivity index (χ1) is 7.88. The normalized spacial score (nSPS) is 12.6. The highest BCUT2D eigenvalue weighted by Crippen LogP contribution is 2.23. The van der Waals surface area contributed by atoms with Crippen molar-refractivity contribution in [3.8, 4) is 0 Å². The highest BCUT2D eigenvalue weighted by Gasteiger charge is 2.10. The molecule has 0 aliphatic carbocycles. The van der Waals surface area contributed by atoms with Crippen LogP contribution < -0.4 is 0 Å². The average Bonchev–Trinajstić information content (AvgIpc) is 2.35. The molecule has 1 atom stereocenters. The molecule has 90 valence electrons. The lowest BCUT2D eigenvalue weighted by Gasteiger charge is -2.18. The first kappa shape index (κ1) is 13.2. The van der Waals surface area contributed by atoms with Crippen molar-refractivity contribution >= 4 is 0 Å². The standard InChI is InChI=1S/C15H24O/c1-3-5-12-15(16-13-6-4-2)14-10-8-7-9-11-14/h7-11,15H,3-6,12-13H2,1-2H3. The van der Waals surface area contributed by atoms with Crippen LogP contribution in [0.3, 0.4) is 0 Å². The summed E-state index contributed by atoms with van der Waals surface area (Å²) >= 11 is 0. The molecule has 1 rings (SSSR count). The fourth-order valence-electron chi connectivity index (χ4n) is 1.77. The molecule has 1 aromatic rings. The van der Waals surface area contributed by atoms with Gasteiger partial charge in [-0.25, -0.2) is 0 Å². The molecule has 1 aromatic carbocycles. The molecule has 0 bridgehead atoms. The van der Waals surface area contributed by atoms with Crippen molar-refractivity contribution in [1.29, 1.82) is 0 Å². The van der Waals surface area contributed by atoms with Gasteiger partial charge in [0.2, 0.25) is 0 Å². The Bertz CT molecular complexity index is 255. The summed E-state index contributed by atoms with van der Waals surface area (Å²) in [5.74, 6) is 0. The summed E-state index contributed by atoms with van der Waals surface area (Å²) < 4.78 is 5.97. The summed E-state index contributed by atoms with van der Waals surface area (Å²) in [6, 6.07) is 10.6. The minimum Gasteiger partial charge on any atom is -0.374 e. The smallest absolute Gasteiger partial charge is 0.0824 e. The Kier molecular flexibility index (Phi) is 6.91. The Balaban J connectivity index is 2.49. The van der Waals surface area contributed by atoms with Gasteiger partial charge < -0.3 is 4.74 Å². The van der Waals surface area contributed by atoms with Gasteiger partial charge in [-0.1, -0.05) is 63.4 Å². The zero-order valence-corrected chi connectivity index (χ0v) is 10.6. The molecule has 0 saturated carbocycles. The fraction of sp³-hybridized carbons (Fsp3) is 0.600. The molecule has 1 unspecified atom stereocenters. The molecule has 0 heterocycles. The topological polar surface area (TPSA) is 9.23 Å². The third kappa shape index (κ3) is 4.80. The third-order valence-electron chi connectivity index (χ3n) is 2.81. The predicted molar refractivity (Wildman–Crippen MR) is 69.6 cm³/mol. The van der Waals surface area contributed by atoms with Gasteiger partial charge in [0.1, 0.15) is 0 Å². The predicted octanol–water partition coefficient (Wildman–Crippen LogP) is 4.73. The SMILES string of the molecule is CCCCOC(CCCC)c1ccccc1. The molecule has 0 spiro atoms. The Morgan fingerprint density at radius 2 is 1.69 bits per heavy atom. The van der Waals surface area contributed by atoms with Crippen LogP contribution in [0.15, 0.2) is 30.3 Å². The van der Waals surface area contributed by atoms with Crippen LogP contribution in [0.2, 0.25) is 0 Å². The molecule has 1 heteroatoms. The van der Waals surface area contributed by atoms with Crippen molar-refractivity contribution < 1.29 is 4.74 Å². The maximum atomic E-state index is 5.97. The second-order valence-electron chi connectivity index (χ2n) is 4.27. The van der Waals surface area contributed by atoms with Gasteiger partial charge in [-0.2, -0.15) is 0 Å². The zero-order chi connectivity index (χ0) is 11.6. The van der Waals surface area contributed by atoms with Crippen molar-refractivity contribution in [3.05, 3.63) is 35.9 Å². The van der Waals surface area contributed by atoms with E-state index in [-0.39, 0.29) is 0 Å². The summed E-state index contributed by atoms with van der Waals surface area (Å²) in [5, 5.41) is 0. The molecule has 1 nitrogen and oxygen atoms in total. The van der Waals surface area contributed by atoms with E-state index in [1.165, 1.54) is 24.8 Å². The van der Waals surface area contributed by atoms with Crippen LogP contribution in [-0.4, -0.2) is 6.61 Å². The second kappa shape index (κ2) is 8.35. The van der Waals surface area contributed by atoms with Crippen molar-refractivity contribution in [3.63, 3.8) is 0 Å². The lowest BCUT2D eigenvalue weighted by molar-refractivity contribution is 0.0432. The second-order valence-corrected chi connectivity index (χ2v) is 4.27. The highest BCUT2D eigenvalue weighted by molar-refractivity contribution is 5.17. The Morgan fingerprint density at radius 1 is 1.00 bits per heavy atom. The maximum absolute atomic E-state index is 5.97. The zero-order valence-electron chi connectivity index (χ0n) is 10.6. The lowest BCUT2D eigenvalue weighted by atomic mass is 10.0. The molecule has 0 saturated heterocycles. The quantitative estimate of drug-likeness (QED) is 0.575. The van der Waals surface area contributed by atoms with Gasteiger partial charge in [0.15, 0.2) is 0 Å². The summed E-state index contributed by atoms with van der Waals surface area (Å²) in [4.78, 5) is 0. The summed E-state index contributed by atoms with van der Waals surface area (Å²) in [6.07, 6.45) is 6.29. The molecule has 0 radical (unpaired) electrons. The Morgan fingerprint density at radius 3 is 2.31 bits per heavy atom. The highest BCUT2D eigenvalue weighted by atomic mass is 16.5. The number of hydrogen-bond donors (Lipinski definition) is 0. The van der Waals surface area contributed by atoms with Crippen molar-refractivity contribution in [1.82, 2.24) is 0 Å². The lowest BCUT2D eigenvalue weighted by Crippen LogP contribution is -2.05. The number of benzene rings is 1.